The van der Waals surface area contributed by atoms with Gasteiger partial charge >= 0.3 is 0 Å². The Hall–Kier alpha value is -7.94. The molecular formula is C58H39NO. The van der Waals surface area contributed by atoms with Gasteiger partial charge in [0.25, 0.3) is 0 Å². The first-order chi connectivity index (χ1) is 29.8. The van der Waals surface area contributed by atoms with Crippen molar-refractivity contribution in [1.82, 2.24) is 0 Å². The summed E-state index contributed by atoms with van der Waals surface area (Å²) < 4.78 is 7.00. The average Bonchev–Trinajstić information content (AvgIpc) is 3.72. The topological polar surface area (TPSA) is 16.4 Å². The first kappa shape index (κ1) is 35.2. The Kier molecular flexibility index (Phi) is 8.87. The monoisotopic (exact) mass is 765 g/mol. The highest BCUT2D eigenvalue weighted by Crippen LogP contribution is 2.49. The molecule has 2 heteroatoms. The first-order valence-electron chi connectivity index (χ1n) is 20.5. The van der Waals surface area contributed by atoms with E-state index in [-0.39, 0.29) is 0 Å². The second kappa shape index (κ2) is 15.1. The van der Waals surface area contributed by atoms with E-state index in [0.29, 0.717) is 0 Å². The lowest BCUT2D eigenvalue weighted by molar-refractivity contribution is 0.632. The second-order valence-electron chi connectivity index (χ2n) is 15.2. The fourth-order valence-electron chi connectivity index (χ4n) is 8.90. The van der Waals surface area contributed by atoms with E-state index in [2.05, 4.69) is 241 Å². The van der Waals surface area contributed by atoms with Gasteiger partial charge in [-0.15, -0.1) is 0 Å². The number of anilines is 3. The zero-order valence-electron chi connectivity index (χ0n) is 32.9. The van der Waals surface area contributed by atoms with Gasteiger partial charge in [0.15, 0.2) is 0 Å². The van der Waals surface area contributed by atoms with Crippen LogP contribution in [0.3, 0.4) is 0 Å². The van der Waals surface area contributed by atoms with Gasteiger partial charge in [0, 0.05) is 27.9 Å². The lowest BCUT2D eigenvalue weighted by atomic mass is 9.91. The summed E-state index contributed by atoms with van der Waals surface area (Å²) in [5.41, 5.74) is 14.3. The third-order valence-electron chi connectivity index (χ3n) is 11.7. The van der Waals surface area contributed by atoms with Crippen LogP contribution in [0.25, 0.3) is 88.3 Å². The third-order valence-corrected chi connectivity index (χ3v) is 11.7. The molecule has 0 saturated carbocycles. The zero-order chi connectivity index (χ0) is 39.8. The Morgan fingerprint density at radius 3 is 1.33 bits per heavy atom. The first-order valence-corrected chi connectivity index (χ1v) is 20.5. The van der Waals surface area contributed by atoms with Crippen molar-refractivity contribution in [3.8, 4) is 55.8 Å². The van der Waals surface area contributed by atoms with Gasteiger partial charge in [-0.25, -0.2) is 0 Å². The van der Waals surface area contributed by atoms with E-state index in [9.17, 15) is 0 Å². The smallest absolute Gasteiger partial charge is 0.145 e. The summed E-state index contributed by atoms with van der Waals surface area (Å²) in [4.78, 5) is 2.37. The van der Waals surface area contributed by atoms with E-state index < -0.39 is 0 Å². The minimum Gasteiger partial charge on any atom is -0.455 e. The average molecular weight is 766 g/mol. The fourth-order valence-corrected chi connectivity index (χ4v) is 8.90. The maximum absolute atomic E-state index is 7.00. The summed E-state index contributed by atoms with van der Waals surface area (Å²) in [6, 6.07) is 84.6. The lowest BCUT2D eigenvalue weighted by Gasteiger charge is -2.28. The van der Waals surface area contributed by atoms with E-state index in [4.69, 9.17) is 4.42 Å². The summed E-state index contributed by atoms with van der Waals surface area (Å²) in [6.45, 7) is 0. The highest BCUT2D eigenvalue weighted by molar-refractivity contribution is 6.07. The number of hydrogen-bond acceptors (Lipinski definition) is 2. The Morgan fingerprint density at radius 2 is 0.717 bits per heavy atom. The number of hydrogen-bond donors (Lipinski definition) is 0. The molecule has 2 nitrogen and oxygen atoms in total. The van der Waals surface area contributed by atoms with Crippen molar-refractivity contribution in [3.05, 3.63) is 237 Å². The number of nitrogens with zero attached hydrogens (tertiary/aromatic N) is 1. The summed E-state index contributed by atoms with van der Waals surface area (Å²) in [6.07, 6.45) is 0. The summed E-state index contributed by atoms with van der Waals surface area (Å²) in [5, 5.41) is 6.03. The third kappa shape index (κ3) is 6.23. The van der Waals surface area contributed by atoms with Gasteiger partial charge in [-0.3, -0.25) is 0 Å². The van der Waals surface area contributed by atoms with E-state index >= 15 is 0 Å². The molecule has 11 rings (SSSR count). The molecular weight excluding hydrogens is 727 g/mol. The van der Waals surface area contributed by atoms with Crippen LogP contribution >= 0.6 is 0 Å². The molecule has 0 spiro atoms. The Morgan fingerprint density at radius 1 is 0.283 bits per heavy atom. The van der Waals surface area contributed by atoms with Crippen LogP contribution in [0.1, 0.15) is 0 Å². The Balaban J connectivity index is 1.10. The van der Waals surface area contributed by atoms with Crippen LogP contribution in [0, 0.1) is 0 Å². The molecule has 282 valence electrons. The summed E-state index contributed by atoms with van der Waals surface area (Å²) in [5.74, 6) is 0.833. The predicted octanol–water partition coefficient (Wildman–Crippen LogP) is 16.5. The SMILES string of the molecule is c1ccc(-c2ccccc2-c2c(-c3ccccc3N(c3ccc(-c4cccc5ccccc45)cc3)c3ccc(-c4cccc5ccccc45)cc3)oc3ccccc23)cc1. The van der Waals surface area contributed by atoms with E-state index in [1.165, 1.54) is 43.8 Å². The number of fused-ring (bicyclic) bond motifs is 3. The standard InChI is InChI=1S/C58H39NO/c1-2-16-40(17-3-1)51-24-8-9-25-52(51)57-54-27-11-13-31-56(54)60-58(57)53-26-10-12-30-55(53)59(45-36-32-43(33-37-45)49-28-14-20-41-18-4-6-22-47(41)49)46-38-34-44(35-39-46)50-29-15-21-42-19-5-7-23-48(42)50/h1-39H. The van der Waals surface area contributed by atoms with Crippen molar-refractivity contribution in [2.24, 2.45) is 0 Å². The highest BCUT2D eigenvalue weighted by atomic mass is 16.3. The van der Waals surface area contributed by atoms with Crippen molar-refractivity contribution in [3.63, 3.8) is 0 Å². The van der Waals surface area contributed by atoms with Crippen molar-refractivity contribution in [2.45, 2.75) is 0 Å². The van der Waals surface area contributed by atoms with Crippen LogP contribution < -0.4 is 4.90 Å². The molecule has 0 aliphatic rings. The molecule has 0 bridgehead atoms. The van der Waals surface area contributed by atoms with Crippen LogP contribution in [-0.2, 0) is 0 Å². The molecule has 11 aromatic rings. The van der Waals surface area contributed by atoms with Crippen molar-refractivity contribution >= 4 is 49.6 Å². The molecule has 10 aromatic carbocycles. The quantitative estimate of drug-likeness (QED) is 0.153. The molecule has 0 amide bonds. The molecule has 60 heavy (non-hydrogen) atoms. The molecule has 0 N–H and O–H groups in total. The maximum Gasteiger partial charge on any atom is 0.145 e. The van der Waals surface area contributed by atoms with E-state index in [1.807, 2.05) is 0 Å². The Labute approximate surface area is 349 Å². The van der Waals surface area contributed by atoms with E-state index in [1.54, 1.807) is 0 Å². The van der Waals surface area contributed by atoms with Gasteiger partial charge in [-0.05, 0) is 103 Å². The van der Waals surface area contributed by atoms with Gasteiger partial charge in [-0.1, -0.05) is 194 Å². The number of furan rings is 1. The molecule has 0 radical (unpaired) electrons. The van der Waals surface area contributed by atoms with Gasteiger partial charge in [0.1, 0.15) is 11.3 Å². The highest BCUT2D eigenvalue weighted by Gasteiger charge is 2.25. The van der Waals surface area contributed by atoms with Crippen LogP contribution in [0.5, 0.6) is 0 Å². The molecule has 0 saturated heterocycles. The maximum atomic E-state index is 7.00. The van der Waals surface area contributed by atoms with Gasteiger partial charge in [-0.2, -0.15) is 0 Å². The fraction of sp³-hybridized carbons (Fsp3) is 0. The van der Waals surface area contributed by atoms with Crippen molar-refractivity contribution in [2.75, 3.05) is 4.90 Å². The van der Waals surface area contributed by atoms with Crippen LogP contribution in [0.4, 0.5) is 17.1 Å². The van der Waals surface area contributed by atoms with Crippen molar-refractivity contribution in [1.29, 1.82) is 0 Å². The van der Waals surface area contributed by atoms with E-state index in [0.717, 1.165) is 61.6 Å². The number of para-hydroxylation sites is 2. The van der Waals surface area contributed by atoms with Crippen LogP contribution in [0.15, 0.2) is 241 Å². The molecule has 0 unspecified atom stereocenters. The molecule has 1 heterocycles. The van der Waals surface area contributed by atoms with Crippen LogP contribution in [-0.4, -0.2) is 0 Å². The van der Waals surface area contributed by atoms with Gasteiger partial charge in [0.2, 0.25) is 0 Å². The zero-order valence-corrected chi connectivity index (χ0v) is 32.9. The van der Waals surface area contributed by atoms with Crippen molar-refractivity contribution < 1.29 is 4.42 Å². The summed E-state index contributed by atoms with van der Waals surface area (Å²) >= 11 is 0. The Bertz CT molecular complexity index is 3170. The predicted molar refractivity (Wildman–Crippen MR) is 253 cm³/mol. The second-order valence-corrected chi connectivity index (χ2v) is 15.2. The van der Waals surface area contributed by atoms with Crippen LogP contribution in [0.2, 0.25) is 0 Å². The lowest BCUT2D eigenvalue weighted by Crippen LogP contribution is -2.11. The normalized spacial score (nSPS) is 11.3. The number of rotatable bonds is 8. The van der Waals surface area contributed by atoms with Gasteiger partial charge in [0.05, 0.1) is 5.69 Å². The molecule has 0 aliphatic carbocycles. The summed E-state index contributed by atoms with van der Waals surface area (Å²) in [7, 11) is 0. The van der Waals surface area contributed by atoms with Gasteiger partial charge < -0.3 is 9.32 Å². The molecule has 0 atom stereocenters. The molecule has 0 aliphatic heterocycles. The molecule has 0 fully saturated rings. The molecule has 1 aromatic heterocycles. The minimum absolute atomic E-state index is 0.833. The number of benzene rings is 10. The minimum atomic E-state index is 0.833. The largest absolute Gasteiger partial charge is 0.455 e.